The van der Waals surface area contributed by atoms with Gasteiger partial charge in [0, 0.05) is 19.3 Å². The van der Waals surface area contributed by atoms with Gasteiger partial charge in [0.15, 0.2) is 6.10 Å². The molecular weight excluding hydrogens is 1020 g/mol. The minimum atomic E-state index is -0.802. The van der Waals surface area contributed by atoms with E-state index in [9.17, 15) is 14.4 Å². The van der Waals surface area contributed by atoms with Gasteiger partial charge in [-0.1, -0.05) is 289 Å². The molecule has 0 fully saturated rings. The Balaban J connectivity index is 4.37. The van der Waals surface area contributed by atoms with Crippen LogP contribution in [0.4, 0.5) is 0 Å². The fourth-order valence-corrected chi connectivity index (χ4v) is 9.23. The maximum absolute atomic E-state index is 12.9. The van der Waals surface area contributed by atoms with E-state index in [1.165, 1.54) is 96.3 Å². The van der Waals surface area contributed by atoms with E-state index in [0.29, 0.717) is 19.3 Å². The molecule has 1 unspecified atom stereocenters. The lowest BCUT2D eigenvalue weighted by atomic mass is 10.0. The van der Waals surface area contributed by atoms with Gasteiger partial charge in [-0.05, 0) is 141 Å². The number of rotatable bonds is 61. The van der Waals surface area contributed by atoms with Crippen LogP contribution in [-0.4, -0.2) is 37.2 Å². The molecule has 0 amide bonds. The molecule has 0 radical (unpaired) electrons. The van der Waals surface area contributed by atoms with Crippen LogP contribution in [0, 0.1) is 0 Å². The molecule has 1 atom stereocenters. The largest absolute Gasteiger partial charge is 0.462 e. The summed E-state index contributed by atoms with van der Waals surface area (Å²) in [5.41, 5.74) is 0. The van der Waals surface area contributed by atoms with Crippen LogP contribution >= 0.6 is 0 Å². The van der Waals surface area contributed by atoms with Crippen molar-refractivity contribution in [2.24, 2.45) is 0 Å². The summed E-state index contributed by atoms with van der Waals surface area (Å²) in [4.78, 5) is 38.4. The van der Waals surface area contributed by atoms with Crippen LogP contribution in [0.3, 0.4) is 0 Å². The third kappa shape index (κ3) is 68.0. The van der Waals surface area contributed by atoms with Crippen LogP contribution in [0.5, 0.6) is 0 Å². The fraction of sp³-hybridized carbons (Fsp3) is 0.649. The summed E-state index contributed by atoms with van der Waals surface area (Å²) in [5.74, 6) is -0.924. The molecule has 0 bridgehead atoms. The molecular formula is C77H126O6. The minimum Gasteiger partial charge on any atom is -0.462 e. The van der Waals surface area contributed by atoms with Gasteiger partial charge >= 0.3 is 17.9 Å². The number of esters is 3. The normalized spacial score (nSPS) is 13.0. The lowest BCUT2D eigenvalue weighted by Gasteiger charge is -2.18. The van der Waals surface area contributed by atoms with E-state index >= 15 is 0 Å². The summed E-state index contributed by atoms with van der Waals surface area (Å²) >= 11 is 0. The highest BCUT2D eigenvalue weighted by Crippen LogP contribution is 2.16. The van der Waals surface area contributed by atoms with Crippen LogP contribution in [0.15, 0.2) is 146 Å². The summed E-state index contributed by atoms with van der Waals surface area (Å²) in [6.07, 6.45) is 100. The third-order valence-corrected chi connectivity index (χ3v) is 14.3. The number of hydrogen-bond acceptors (Lipinski definition) is 6. The Morgan fingerprint density at radius 1 is 0.253 bits per heavy atom. The van der Waals surface area contributed by atoms with Gasteiger partial charge in [-0.2, -0.15) is 0 Å². The molecule has 0 saturated carbocycles. The number of hydrogen-bond donors (Lipinski definition) is 0. The molecule has 0 spiro atoms. The first-order valence-corrected chi connectivity index (χ1v) is 34.3. The van der Waals surface area contributed by atoms with Gasteiger partial charge in [-0.25, -0.2) is 0 Å². The van der Waals surface area contributed by atoms with Crippen LogP contribution in [0.25, 0.3) is 0 Å². The van der Waals surface area contributed by atoms with Gasteiger partial charge in [0.1, 0.15) is 13.2 Å². The first-order valence-electron chi connectivity index (χ1n) is 34.3. The predicted octanol–water partition coefficient (Wildman–Crippen LogP) is 23.9. The Labute approximate surface area is 512 Å². The van der Waals surface area contributed by atoms with Gasteiger partial charge in [-0.15, -0.1) is 0 Å². The highest BCUT2D eigenvalue weighted by atomic mass is 16.6. The lowest BCUT2D eigenvalue weighted by Crippen LogP contribution is -2.30. The van der Waals surface area contributed by atoms with Gasteiger partial charge in [0.05, 0.1) is 0 Å². The smallest absolute Gasteiger partial charge is 0.306 e. The van der Waals surface area contributed by atoms with Crippen LogP contribution in [-0.2, 0) is 28.6 Å². The van der Waals surface area contributed by atoms with Gasteiger partial charge in [-0.3, -0.25) is 14.4 Å². The molecule has 0 rings (SSSR count). The lowest BCUT2D eigenvalue weighted by molar-refractivity contribution is -0.167. The Morgan fingerprint density at radius 3 is 0.735 bits per heavy atom. The molecule has 470 valence electrons. The van der Waals surface area contributed by atoms with E-state index in [1.54, 1.807) is 0 Å². The average molecular weight is 1150 g/mol. The number of carbonyl (C=O) groups excluding carboxylic acids is 3. The quantitative estimate of drug-likeness (QED) is 0.0261. The number of ether oxygens (including phenoxy) is 3. The van der Waals surface area contributed by atoms with Crippen LogP contribution in [0.2, 0.25) is 0 Å². The molecule has 0 N–H and O–H groups in total. The molecule has 0 aliphatic carbocycles. The van der Waals surface area contributed by atoms with E-state index in [4.69, 9.17) is 14.2 Å². The Bertz CT molecular complexity index is 1800. The maximum Gasteiger partial charge on any atom is 0.306 e. The minimum absolute atomic E-state index is 0.0948. The highest BCUT2D eigenvalue weighted by Gasteiger charge is 2.19. The molecule has 0 aromatic rings. The van der Waals surface area contributed by atoms with Crippen molar-refractivity contribution >= 4 is 17.9 Å². The van der Waals surface area contributed by atoms with Crippen molar-refractivity contribution < 1.29 is 28.6 Å². The molecule has 6 nitrogen and oxygen atoms in total. The molecule has 0 aromatic carbocycles. The van der Waals surface area contributed by atoms with E-state index < -0.39 is 6.10 Å². The zero-order chi connectivity index (χ0) is 59.9. The van der Waals surface area contributed by atoms with Crippen molar-refractivity contribution in [3.63, 3.8) is 0 Å². The molecule has 0 aliphatic heterocycles. The fourth-order valence-electron chi connectivity index (χ4n) is 9.23. The topological polar surface area (TPSA) is 78.9 Å². The average Bonchev–Trinajstić information content (AvgIpc) is 3.49. The summed E-state index contributed by atoms with van der Waals surface area (Å²) < 4.78 is 16.9. The molecule has 0 aliphatic rings. The van der Waals surface area contributed by atoms with Gasteiger partial charge < -0.3 is 14.2 Å². The van der Waals surface area contributed by atoms with Crippen molar-refractivity contribution in [1.29, 1.82) is 0 Å². The summed E-state index contributed by atoms with van der Waals surface area (Å²) in [6.45, 7) is 6.37. The van der Waals surface area contributed by atoms with Crippen molar-refractivity contribution in [3.8, 4) is 0 Å². The molecule has 0 heterocycles. The SMILES string of the molecule is CC/C=C\C/C=C\C/C=C\C/C=C\C/C=C\CCCCCCCCCCCCCCCC(=O)OCC(COC(=O)CCCCCCC/C=C\C/C=C\CCCCC)OC(=O)CCCCCCC/C=C\C/C=C\C/C=C\C/C=C\C/C=C\CC. The van der Waals surface area contributed by atoms with E-state index in [-0.39, 0.29) is 31.1 Å². The highest BCUT2D eigenvalue weighted by molar-refractivity contribution is 5.71. The summed E-state index contributed by atoms with van der Waals surface area (Å²) in [7, 11) is 0. The molecule has 6 heteroatoms. The second kappa shape index (κ2) is 69.8. The van der Waals surface area contributed by atoms with Gasteiger partial charge in [0.2, 0.25) is 0 Å². The first kappa shape index (κ1) is 78.3. The van der Waals surface area contributed by atoms with Crippen molar-refractivity contribution in [2.45, 2.75) is 309 Å². The van der Waals surface area contributed by atoms with E-state index in [2.05, 4.69) is 167 Å². The number of allylic oxidation sites excluding steroid dienone is 24. The van der Waals surface area contributed by atoms with Crippen molar-refractivity contribution in [1.82, 2.24) is 0 Å². The van der Waals surface area contributed by atoms with Crippen molar-refractivity contribution in [2.75, 3.05) is 13.2 Å². The van der Waals surface area contributed by atoms with Crippen LogP contribution in [0.1, 0.15) is 303 Å². The molecule has 0 saturated heterocycles. The van der Waals surface area contributed by atoms with Crippen molar-refractivity contribution in [3.05, 3.63) is 146 Å². The summed E-state index contributed by atoms with van der Waals surface area (Å²) in [6, 6.07) is 0. The predicted molar refractivity (Wildman–Crippen MR) is 362 cm³/mol. The standard InChI is InChI=1S/C77H126O6/c1-4-7-10-13-16-19-22-25-28-30-32-34-35-36-37-38-39-40-41-43-44-46-49-52-55-58-61-64-67-70-76(79)82-73-74(72-81-75(78)69-66-63-60-57-54-51-48-27-24-21-18-15-12-9-6-3)83-77(80)71-68-65-62-59-56-53-50-47-45-42-33-31-29-26-23-20-17-14-11-8-5-2/h7-8,10-11,16-21,25-29,32-34,36-37,42,47-48,50,74H,4-6,9,12-15,22-24,30-31,35,38-41,43-46,49,51-73H2,1-3H3/b10-7-,11-8-,19-16-,20-17-,21-18-,28-25-,29-26-,34-32-,37-36-,42-33-,48-27-,50-47-. The molecule has 0 aromatic heterocycles. The molecule has 83 heavy (non-hydrogen) atoms. The Morgan fingerprint density at radius 2 is 0.470 bits per heavy atom. The monoisotopic (exact) mass is 1150 g/mol. The first-order chi connectivity index (χ1) is 41.0. The Hall–Kier alpha value is -4.71. The number of carbonyl (C=O) groups is 3. The van der Waals surface area contributed by atoms with E-state index in [0.717, 1.165) is 167 Å². The number of unbranched alkanes of at least 4 members (excludes halogenated alkanes) is 26. The zero-order valence-electron chi connectivity index (χ0n) is 53.9. The van der Waals surface area contributed by atoms with Crippen LogP contribution < -0.4 is 0 Å². The second-order valence-corrected chi connectivity index (χ2v) is 22.3. The van der Waals surface area contributed by atoms with Gasteiger partial charge in [0.25, 0.3) is 0 Å². The zero-order valence-corrected chi connectivity index (χ0v) is 53.9. The maximum atomic E-state index is 12.9. The summed E-state index contributed by atoms with van der Waals surface area (Å²) in [5, 5.41) is 0. The third-order valence-electron chi connectivity index (χ3n) is 14.3. The Kier molecular flexibility index (Phi) is 65.8. The van der Waals surface area contributed by atoms with E-state index in [1.807, 2.05) is 0 Å². The second-order valence-electron chi connectivity index (χ2n) is 22.3.